The van der Waals surface area contributed by atoms with Gasteiger partial charge in [0.15, 0.2) is 0 Å². The smallest absolute Gasteiger partial charge is 0.356 e. The number of hydrogen-bond donors (Lipinski definition) is 1. The molecule has 35 heavy (non-hydrogen) atoms. The normalized spacial score (nSPS) is 10.8. The summed E-state index contributed by atoms with van der Waals surface area (Å²) in [4.78, 5) is 20.1. The third-order valence-corrected chi connectivity index (χ3v) is 6.36. The van der Waals surface area contributed by atoms with Gasteiger partial charge < -0.3 is 9.47 Å². The van der Waals surface area contributed by atoms with Crippen molar-refractivity contribution in [2.24, 2.45) is 0 Å². The van der Waals surface area contributed by atoms with Gasteiger partial charge in [0.1, 0.15) is 16.3 Å². The van der Waals surface area contributed by atoms with E-state index in [4.69, 9.17) is 9.47 Å². The standard InChI is InChI=1S/C26H21N3O5S/c1-3-34-26(30)22-13-11-18(17-28-22)10-12-19-7-4-5-9-21(19)29-35(31,32)24-15-14-23(33-2)20-8-6-16-27-25(20)24/h4-9,11,13-17,29H,3H2,1-2H3. The van der Waals surface area contributed by atoms with E-state index in [-0.39, 0.29) is 17.2 Å². The molecule has 0 amide bonds. The zero-order valence-electron chi connectivity index (χ0n) is 19.0. The minimum atomic E-state index is -3.99. The van der Waals surface area contributed by atoms with Crippen molar-refractivity contribution in [2.45, 2.75) is 11.8 Å². The molecule has 4 rings (SSSR count). The Labute approximate surface area is 203 Å². The molecule has 2 aromatic heterocycles. The molecular weight excluding hydrogens is 466 g/mol. The Kier molecular flexibility index (Phi) is 6.94. The van der Waals surface area contributed by atoms with E-state index in [1.165, 1.54) is 31.6 Å². The molecule has 0 saturated carbocycles. The molecule has 4 aromatic rings. The molecule has 8 nitrogen and oxygen atoms in total. The zero-order valence-corrected chi connectivity index (χ0v) is 19.8. The maximum Gasteiger partial charge on any atom is 0.356 e. The third-order valence-electron chi connectivity index (χ3n) is 4.96. The van der Waals surface area contributed by atoms with E-state index in [0.29, 0.717) is 33.5 Å². The number of carbonyl (C=O) groups excluding carboxylic acids is 1. The van der Waals surface area contributed by atoms with Crippen LogP contribution in [0.2, 0.25) is 0 Å². The van der Waals surface area contributed by atoms with Crippen molar-refractivity contribution in [3.63, 3.8) is 0 Å². The molecular formula is C26H21N3O5S. The predicted octanol–water partition coefficient (Wildman–Crippen LogP) is 4.02. The number of sulfonamides is 1. The molecule has 1 N–H and O–H groups in total. The van der Waals surface area contributed by atoms with Gasteiger partial charge in [-0.15, -0.1) is 0 Å². The number of ether oxygens (including phenoxy) is 2. The number of nitrogens with zero attached hydrogens (tertiary/aromatic N) is 2. The van der Waals surface area contributed by atoms with Crippen LogP contribution in [0.3, 0.4) is 0 Å². The molecule has 0 aliphatic carbocycles. The number of para-hydroxylation sites is 1. The van der Waals surface area contributed by atoms with E-state index in [9.17, 15) is 13.2 Å². The van der Waals surface area contributed by atoms with Crippen molar-refractivity contribution in [1.82, 2.24) is 9.97 Å². The van der Waals surface area contributed by atoms with Gasteiger partial charge in [-0.2, -0.15) is 0 Å². The fourth-order valence-electron chi connectivity index (χ4n) is 3.33. The van der Waals surface area contributed by atoms with Gasteiger partial charge in [0, 0.05) is 28.9 Å². The fourth-order valence-corrected chi connectivity index (χ4v) is 4.57. The molecule has 0 aliphatic heterocycles. The van der Waals surface area contributed by atoms with Crippen molar-refractivity contribution >= 4 is 32.6 Å². The summed E-state index contributed by atoms with van der Waals surface area (Å²) in [5, 5.41) is 0.588. The highest BCUT2D eigenvalue weighted by molar-refractivity contribution is 7.93. The Morgan fingerprint density at radius 1 is 1.00 bits per heavy atom. The second-order valence-electron chi connectivity index (χ2n) is 7.22. The van der Waals surface area contributed by atoms with E-state index in [0.717, 1.165) is 0 Å². The maximum atomic E-state index is 13.3. The van der Waals surface area contributed by atoms with Crippen molar-refractivity contribution in [2.75, 3.05) is 18.4 Å². The highest BCUT2D eigenvalue weighted by Crippen LogP contribution is 2.30. The number of rotatable bonds is 6. The number of pyridine rings is 2. The molecule has 0 aliphatic rings. The number of methoxy groups -OCH3 is 1. The van der Waals surface area contributed by atoms with E-state index >= 15 is 0 Å². The summed E-state index contributed by atoms with van der Waals surface area (Å²) in [6.07, 6.45) is 2.99. The van der Waals surface area contributed by atoms with Crippen LogP contribution in [-0.2, 0) is 14.8 Å². The van der Waals surface area contributed by atoms with Crippen molar-refractivity contribution in [1.29, 1.82) is 0 Å². The molecule has 0 atom stereocenters. The first-order chi connectivity index (χ1) is 16.9. The first-order valence-electron chi connectivity index (χ1n) is 10.6. The van der Waals surface area contributed by atoms with Gasteiger partial charge in [0.25, 0.3) is 10.0 Å². The minimum Gasteiger partial charge on any atom is -0.496 e. The van der Waals surface area contributed by atoms with Crippen LogP contribution < -0.4 is 9.46 Å². The highest BCUT2D eigenvalue weighted by atomic mass is 32.2. The van der Waals surface area contributed by atoms with Crippen LogP contribution in [0.1, 0.15) is 28.5 Å². The number of fused-ring (bicyclic) bond motifs is 1. The average Bonchev–Trinajstić information content (AvgIpc) is 2.87. The van der Waals surface area contributed by atoms with Crippen LogP contribution >= 0.6 is 0 Å². The number of anilines is 1. The third kappa shape index (κ3) is 5.23. The molecule has 2 heterocycles. The van der Waals surface area contributed by atoms with Crippen LogP contribution in [0, 0.1) is 11.8 Å². The Bertz CT molecular complexity index is 1560. The Morgan fingerprint density at radius 3 is 2.57 bits per heavy atom. The van der Waals surface area contributed by atoms with Crippen LogP contribution in [0.15, 0.2) is 78.0 Å². The fraction of sp³-hybridized carbons (Fsp3) is 0.115. The van der Waals surface area contributed by atoms with Crippen LogP contribution in [0.5, 0.6) is 5.75 Å². The summed E-state index contributed by atoms with van der Waals surface area (Å²) < 4.78 is 39.5. The summed E-state index contributed by atoms with van der Waals surface area (Å²) in [6, 6.07) is 16.5. The molecule has 0 saturated heterocycles. The molecule has 0 unspecified atom stereocenters. The quantitative estimate of drug-likeness (QED) is 0.323. The van der Waals surface area contributed by atoms with Crippen LogP contribution in [0.25, 0.3) is 10.9 Å². The first-order valence-corrected chi connectivity index (χ1v) is 12.1. The lowest BCUT2D eigenvalue weighted by Crippen LogP contribution is -2.14. The topological polar surface area (TPSA) is 107 Å². The molecule has 2 aromatic carbocycles. The maximum absolute atomic E-state index is 13.3. The lowest BCUT2D eigenvalue weighted by atomic mass is 10.1. The van der Waals surface area contributed by atoms with Crippen molar-refractivity contribution in [3.05, 3.63) is 89.9 Å². The van der Waals surface area contributed by atoms with E-state index in [2.05, 4.69) is 26.5 Å². The number of carbonyl (C=O) groups is 1. The lowest BCUT2D eigenvalue weighted by Gasteiger charge is -2.13. The Morgan fingerprint density at radius 2 is 1.83 bits per heavy atom. The Hall–Kier alpha value is -4.42. The SMILES string of the molecule is CCOC(=O)c1ccc(C#Cc2ccccc2NS(=O)(=O)c2ccc(OC)c3cccnc23)cn1. The molecule has 0 fully saturated rings. The van der Waals surface area contributed by atoms with E-state index in [1.54, 1.807) is 55.5 Å². The van der Waals surface area contributed by atoms with Gasteiger partial charge in [-0.1, -0.05) is 24.0 Å². The summed E-state index contributed by atoms with van der Waals surface area (Å²) in [7, 11) is -2.47. The number of hydrogen-bond acceptors (Lipinski definition) is 7. The summed E-state index contributed by atoms with van der Waals surface area (Å²) in [6.45, 7) is 1.98. The summed E-state index contributed by atoms with van der Waals surface area (Å²) in [5.74, 6) is 5.93. The molecule has 0 spiro atoms. The largest absolute Gasteiger partial charge is 0.496 e. The van der Waals surface area contributed by atoms with Gasteiger partial charge in [-0.25, -0.2) is 18.2 Å². The van der Waals surface area contributed by atoms with Gasteiger partial charge >= 0.3 is 5.97 Å². The zero-order chi connectivity index (χ0) is 24.8. The average molecular weight is 488 g/mol. The van der Waals surface area contributed by atoms with Gasteiger partial charge in [0.2, 0.25) is 0 Å². The van der Waals surface area contributed by atoms with E-state index in [1.807, 2.05) is 0 Å². The Balaban J connectivity index is 1.64. The van der Waals surface area contributed by atoms with Crippen molar-refractivity contribution < 1.29 is 22.7 Å². The predicted molar refractivity (Wildman–Crippen MR) is 132 cm³/mol. The van der Waals surface area contributed by atoms with Crippen molar-refractivity contribution in [3.8, 4) is 17.6 Å². The molecule has 176 valence electrons. The minimum absolute atomic E-state index is 0.0235. The van der Waals surface area contributed by atoms with Crippen LogP contribution in [-0.4, -0.2) is 38.1 Å². The summed E-state index contributed by atoms with van der Waals surface area (Å²) >= 11 is 0. The number of esters is 1. The first kappa shape index (κ1) is 23.7. The van der Waals surface area contributed by atoms with Crippen LogP contribution in [0.4, 0.5) is 5.69 Å². The number of aromatic nitrogens is 2. The number of benzene rings is 2. The van der Waals surface area contributed by atoms with Gasteiger partial charge in [-0.05, 0) is 55.5 Å². The second-order valence-corrected chi connectivity index (χ2v) is 8.87. The molecule has 0 radical (unpaired) electrons. The lowest BCUT2D eigenvalue weighted by molar-refractivity contribution is 0.0519. The molecule has 9 heteroatoms. The monoisotopic (exact) mass is 487 g/mol. The second kappa shape index (κ2) is 10.2. The van der Waals surface area contributed by atoms with Gasteiger partial charge in [-0.3, -0.25) is 9.71 Å². The number of nitrogens with one attached hydrogen (secondary N) is 1. The van der Waals surface area contributed by atoms with E-state index < -0.39 is 16.0 Å². The molecule has 0 bridgehead atoms. The van der Waals surface area contributed by atoms with Gasteiger partial charge in [0.05, 0.1) is 24.9 Å². The summed E-state index contributed by atoms with van der Waals surface area (Å²) in [5.41, 5.74) is 1.83. The highest BCUT2D eigenvalue weighted by Gasteiger charge is 2.21.